The van der Waals surface area contributed by atoms with E-state index in [1.54, 1.807) is 18.2 Å². The summed E-state index contributed by atoms with van der Waals surface area (Å²) in [4.78, 5) is 11.7. The van der Waals surface area contributed by atoms with Crippen molar-refractivity contribution in [3.8, 4) is 17.2 Å². The lowest BCUT2D eigenvalue weighted by molar-refractivity contribution is 0.344. The highest BCUT2D eigenvalue weighted by Gasteiger charge is 2.17. The Labute approximate surface area is 147 Å². The summed E-state index contributed by atoms with van der Waals surface area (Å²) in [5, 5.41) is 10.6. The predicted octanol–water partition coefficient (Wildman–Crippen LogP) is 4.58. The van der Waals surface area contributed by atoms with Crippen LogP contribution in [0.2, 0.25) is 0 Å². The highest BCUT2D eigenvalue weighted by molar-refractivity contribution is 5.91. The fourth-order valence-electron chi connectivity index (χ4n) is 2.45. The van der Waals surface area contributed by atoms with Gasteiger partial charge in [0.15, 0.2) is 5.75 Å². The summed E-state index contributed by atoms with van der Waals surface area (Å²) >= 11 is 0. The maximum absolute atomic E-state index is 11.7. The molecule has 1 aromatic heterocycles. The third kappa shape index (κ3) is 4.66. The lowest BCUT2D eigenvalue weighted by Gasteiger charge is -2.10. The maximum atomic E-state index is 11.7. The smallest absolute Gasteiger partial charge is 0.383 e. The van der Waals surface area contributed by atoms with Crippen molar-refractivity contribution in [3.05, 3.63) is 51.9 Å². The molecule has 2 aromatic rings. The molecule has 0 aliphatic heterocycles. The van der Waals surface area contributed by atoms with Crippen molar-refractivity contribution in [2.75, 3.05) is 13.7 Å². The van der Waals surface area contributed by atoms with Gasteiger partial charge >= 0.3 is 5.63 Å². The number of hydrogen-bond acceptors (Lipinski definition) is 5. The molecule has 0 radical (unpaired) electrons. The van der Waals surface area contributed by atoms with Gasteiger partial charge in [-0.3, -0.25) is 0 Å². The normalized spacial score (nSPS) is 11.4. The molecule has 0 aliphatic rings. The van der Waals surface area contributed by atoms with Gasteiger partial charge in [0.1, 0.15) is 23.3 Å². The topological polar surface area (TPSA) is 68.9 Å². The van der Waals surface area contributed by atoms with Crippen molar-refractivity contribution < 1.29 is 19.0 Å². The van der Waals surface area contributed by atoms with Crippen LogP contribution in [0.25, 0.3) is 11.0 Å². The Kier molecular flexibility index (Phi) is 6.28. The molecule has 1 N–H and O–H groups in total. The first-order valence-electron chi connectivity index (χ1n) is 8.18. The van der Waals surface area contributed by atoms with Crippen molar-refractivity contribution in [2.45, 2.75) is 33.6 Å². The summed E-state index contributed by atoms with van der Waals surface area (Å²) in [6, 6.07) is 5.02. The zero-order chi connectivity index (χ0) is 18.4. The van der Waals surface area contributed by atoms with E-state index in [-0.39, 0.29) is 17.1 Å². The molecule has 0 saturated carbocycles. The van der Waals surface area contributed by atoms with Gasteiger partial charge in [0, 0.05) is 0 Å². The van der Waals surface area contributed by atoms with Crippen LogP contribution >= 0.6 is 0 Å². The van der Waals surface area contributed by atoms with Gasteiger partial charge in [0.05, 0.1) is 7.11 Å². The molecule has 2 rings (SSSR count). The molecule has 0 unspecified atom stereocenters. The first-order valence-corrected chi connectivity index (χ1v) is 8.18. The molecule has 0 fully saturated rings. The summed E-state index contributed by atoms with van der Waals surface area (Å²) in [7, 11) is 1.31. The summed E-state index contributed by atoms with van der Waals surface area (Å²) < 4.78 is 15.8. The van der Waals surface area contributed by atoms with Gasteiger partial charge < -0.3 is 19.0 Å². The van der Waals surface area contributed by atoms with E-state index >= 15 is 0 Å². The number of benzene rings is 1. The summed E-state index contributed by atoms with van der Waals surface area (Å²) in [5.41, 5.74) is 2.07. The zero-order valence-corrected chi connectivity index (χ0v) is 15.1. The van der Waals surface area contributed by atoms with E-state index < -0.39 is 5.63 Å². The first kappa shape index (κ1) is 18.6. The molecule has 0 spiro atoms. The Morgan fingerprint density at radius 1 is 1.24 bits per heavy atom. The Hall–Kier alpha value is -2.69. The van der Waals surface area contributed by atoms with Gasteiger partial charge in [-0.15, -0.1) is 0 Å². The fourth-order valence-corrected chi connectivity index (χ4v) is 2.45. The van der Waals surface area contributed by atoms with Gasteiger partial charge in [0.25, 0.3) is 0 Å². The summed E-state index contributed by atoms with van der Waals surface area (Å²) in [6.45, 7) is 6.59. The van der Waals surface area contributed by atoms with Crippen molar-refractivity contribution in [1.29, 1.82) is 0 Å². The lowest BCUT2D eigenvalue weighted by Crippen LogP contribution is -2.05. The Bertz CT molecular complexity index is 854. The molecule has 0 saturated heterocycles. The number of rotatable bonds is 7. The van der Waals surface area contributed by atoms with Crippen LogP contribution in [0.4, 0.5) is 0 Å². The SMILES string of the molecule is COc1c(O)c2c(OCC=C(C)CCC=C(C)C)cccc2oc1=O. The average Bonchev–Trinajstić information content (AvgIpc) is 2.54. The van der Waals surface area contributed by atoms with Crippen LogP contribution in [-0.4, -0.2) is 18.8 Å². The van der Waals surface area contributed by atoms with E-state index in [1.165, 1.54) is 18.3 Å². The second-order valence-electron chi connectivity index (χ2n) is 6.08. The second kappa shape index (κ2) is 8.42. The Morgan fingerprint density at radius 3 is 2.68 bits per heavy atom. The van der Waals surface area contributed by atoms with Gasteiger partial charge in [0.2, 0.25) is 5.75 Å². The van der Waals surface area contributed by atoms with E-state index in [0.717, 1.165) is 12.8 Å². The van der Waals surface area contributed by atoms with E-state index in [2.05, 4.69) is 26.8 Å². The van der Waals surface area contributed by atoms with Crippen LogP contribution in [-0.2, 0) is 0 Å². The minimum Gasteiger partial charge on any atom is -0.503 e. The molecule has 1 heterocycles. The zero-order valence-electron chi connectivity index (χ0n) is 15.1. The molecule has 1 aromatic carbocycles. The molecule has 25 heavy (non-hydrogen) atoms. The third-order valence-corrected chi connectivity index (χ3v) is 3.79. The van der Waals surface area contributed by atoms with Gasteiger partial charge in [-0.05, 0) is 51.8 Å². The number of fused-ring (bicyclic) bond motifs is 1. The summed E-state index contributed by atoms with van der Waals surface area (Å²) in [5.74, 6) is -0.0593. The average molecular weight is 344 g/mol. The molecule has 0 bridgehead atoms. The van der Waals surface area contributed by atoms with Crippen molar-refractivity contribution in [1.82, 2.24) is 0 Å². The van der Waals surface area contributed by atoms with Crippen LogP contribution in [0.1, 0.15) is 33.6 Å². The number of aromatic hydroxyl groups is 1. The minimum atomic E-state index is -0.723. The van der Waals surface area contributed by atoms with Gasteiger partial charge in [-0.1, -0.05) is 23.3 Å². The molecular formula is C20H24O5. The molecule has 0 amide bonds. The largest absolute Gasteiger partial charge is 0.503 e. The van der Waals surface area contributed by atoms with Crippen molar-refractivity contribution in [2.24, 2.45) is 0 Å². The molecule has 134 valence electrons. The van der Waals surface area contributed by atoms with Crippen LogP contribution in [0.3, 0.4) is 0 Å². The van der Waals surface area contributed by atoms with Crippen LogP contribution in [0, 0.1) is 0 Å². The highest BCUT2D eigenvalue weighted by Crippen LogP contribution is 2.37. The molecule has 5 heteroatoms. The molecule has 5 nitrogen and oxygen atoms in total. The predicted molar refractivity (Wildman–Crippen MR) is 98.6 cm³/mol. The van der Waals surface area contributed by atoms with Crippen LogP contribution in [0.15, 0.2) is 50.7 Å². The quantitative estimate of drug-likeness (QED) is 0.588. The van der Waals surface area contributed by atoms with Crippen molar-refractivity contribution in [3.63, 3.8) is 0 Å². The first-order chi connectivity index (χ1) is 11.9. The Balaban J connectivity index is 2.19. The second-order valence-corrected chi connectivity index (χ2v) is 6.08. The molecular weight excluding hydrogens is 320 g/mol. The van der Waals surface area contributed by atoms with E-state index in [1.807, 2.05) is 6.08 Å². The number of hydrogen-bond donors (Lipinski definition) is 1. The molecule has 0 atom stereocenters. The van der Waals surface area contributed by atoms with E-state index in [9.17, 15) is 9.90 Å². The number of methoxy groups -OCH3 is 1. The lowest BCUT2D eigenvalue weighted by atomic mass is 10.1. The van der Waals surface area contributed by atoms with Crippen LogP contribution in [0.5, 0.6) is 17.2 Å². The minimum absolute atomic E-state index is 0.225. The van der Waals surface area contributed by atoms with E-state index in [4.69, 9.17) is 13.9 Å². The number of allylic oxidation sites excluding steroid dienone is 3. The fraction of sp³-hybridized carbons (Fsp3) is 0.350. The highest BCUT2D eigenvalue weighted by atomic mass is 16.5. The van der Waals surface area contributed by atoms with Gasteiger partial charge in [-0.2, -0.15) is 0 Å². The van der Waals surface area contributed by atoms with Gasteiger partial charge in [-0.25, -0.2) is 4.79 Å². The van der Waals surface area contributed by atoms with Crippen molar-refractivity contribution >= 4 is 11.0 Å². The maximum Gasteiger partial charge on any atom is 0.383 e. The Morgan fingerprint density at radius 2 is 2.00 bits per heavy atom. The number of ether oxygens (including phenoxy) is 2. The summed E-state index contributed by atoms with van der Waals surface area (Å²) in [6.07, 6.45) is 6.18. The monoisotopic (exact) mass is 344 g/mol. The molecule has 0 aliphatic carbocycles. The van der Waals surface area contributed by atoms with Crippen LogP contribution < -0.4 is 15.1 Å². The standard InChI is InChI=1S/C20H24O5/c1-13(2)7-5-8-14(3)11-12-24-15-9-6-10-16-17(15)18(21)19(23-4)20(22)25-16/h6-7,9-11,21H,5,8,12H2,1-4H3. The van der Waals surface area contributed by atoms with E-state index in [0.29, 0.717) is 17.7 Å². The third-order valence-electron chi connectivity index (χ3n) is 3.79.